The van der Waals surface area contributed by atoms with Gasteiger partial charge in [-0.15, -0.1) is 10.2 Å². The van der Waals surface area contributed by atoms with Crippen molar-refractivity contribution in [2.45, 2.75) is 51.5 Å². The third-order valence-corrected chi connectivity index (χ3v) is 6.05. The normalized spacial score (nSPS) is 12.5. The summed E-state index contributed by atoms with van der Waals surface area (Å²) in [4.78, 5) is 26.8. The van der Waals surface area contributed by atoms with Crippen LogP contribution in [0.25, 0.3) is 0 Å². The summed E-state index contributed by atoms with van der Waals surface area (Å²) >= 11 is 0.850. The van der Waals surface area contributed by atoms with E-state index >= 15 is 0 Å². The SMILES string of the molecule is CCC(C)N(CC(=O)Nc1cccc(C)c1C)C(=O)CSc1nnc(C(F)(F)F)n1C. The molecule has 31 heavy (non-hydrogen) atoms. The molecule has 0 radical (unpaired) electrons. The molecule has 0 aliphatic carbocycles. The highest BCUT2D eigenvalue weighted by Gasteiger charge is 2.37. The molecular formula is C20H26F3N5O2S. The Morgan fingerprint density at radius 3 is 2.52 bits per heavy atom. The number of thioether (sulfide) groups is 1. The Morgan fingerprint density at radius 2 is 1.94 bits per heavy atom. The summed E-state index contributed by atoms with van der Waals surface area (Å²) in [7, 11) is 1.19. The summed E-state index contributed by atoms with van der Waals surface area (Å²) in [5, 5.41) is 9.47. The Kier molecular flexibility index (Phi) is 8.10. The maximum Gasteiger partial charge on any atom is 0.451 e. The molecule has 0 saturated heterocycles. The first-order valence-corrected chi connectivity index (χ1v) is 10.7. The second-order valence-electron chi connectivity index (χ2n) is 7.23. The van der Waals surface area contributed by atoms with Gasteiger partial charge in [-0.1, -0.05) is 30.8 Å². The van der Waals surface area contributed by atoms with Crippen LogP contribution in [-0.2, 0) is 22.8 Å². The summed E-state index contributed by atoms with van der Waals surface area (Å²) < 4.78 is 39.4. The number of amides is 2. The van der Waals surface area contributed by atoms with E-state index in [-0.39, 0.29) is 35.3 Å². The summed E-state index contributed by atoms with van der Waals surface area (Å²) in [5.74, 6) is -2.00. The van der Waals surface area contributed by atoms with E-state index in [4.69, 9.17) is 0 Å². The third kappa shape index (κ3) is 6.22. The Labute approximate surface area is 183 Å². The average Bonchev–Trinajstić information content (AvgIpc) is 3.08. The average molecular weight is 458 g/mol. The highest BCUT2D eigenvalue weighted by Crippen LogP contribution is 2.29. The molecule has 2 amide bonds. The summed E-state index contributed by atoms with van der Waals surface area (Å²) in [6, 6.07) is 5.34. The highest BCUT2D eigenvalue weighted by atomic mass is 32.2. The molecule has 1 heterocycles. The van der Waals surface area contributed by atoms with Crippen molar-refractivity contribution in [3.63, 3.8) is 0 Å². The fourth-order valence-corrected chi connectivity index (χ4v) is 3.63. The summed E-state index contributed by atoms with van der Waals surface area (Å²) in [6.07, 6.45) is -4.01. The number of hydrogen-bond acceptors (Lipinski definition) is 5. The predicted molar refractivity (Wildman–Crippen MR) is 113 cm³/mol. The van der Waals surface area contributed by atoms with Gasteiger partial charge in [-0.3, -0.25) is 9.59 Å². The molecule has 11 heteroatoms. The van der Waals surface area contributed by atoms with Crippen LogP contribution >= 0.6 is 11.8 Å². The second kappa shape index (κ2) is 10.2. The van der Waals surface area contributed by atoms with Crippen molar-refractivity contribution in [1.29, 1.82) is 0 Å². The topological polar surface area (TPSA) is 80.1 Å². The molecule has 0 bridgehead atoms. The fourth-order valence-electron chi connectivity index (χ4n) is 2.84. The fraction of sp³-hybridized carbons (Fsp3) is 0.500. The molecule has 0 spiro atoms. The first-order valence-electron chi connectivity index (χ1n) is 9.70. The smallest absolute Gasteiger partial charge is 0.330 e. The maximum absolute atomic E-state index is 12.9. The zero-order valence-corrected chi connectivity index (χ0v) is 18.9. The van der Waals surface area contributed by atoms with Gasteiger partial charge in [0.1, 0.15) is 6.54 Å². The number of hydrogen-bond donors (Lipinski definition) is 1. The van der Waals surface area contributed by atoms with Crippen LogP contribution in [0, 0.1) is 13.8 Å². The van der Waals surface area contributed by atoms with Gasteiger partial charge in [-0.25, -0.2) is 0 Å². The molecule has 0 aliphatic heterocycles. The number of alkyl halides is 3. The van der Waals surface area contributed by atoms with Crippen molar-refractivity contribution < 1.29 is 22.8 Å². The largest absolute Gasteiger partial charge is 0.451 e. The molecule has 170 valence electrons. The molecule has 0 saturated carbocycles. The lowest BCUT2D eigenvalue weighted by atomic mass is 10.1. The number of rotatable bonds is 8. The molecule has 1 unspecified atom stereocenters. The van der Waals surface area contributed by atoms with Crippen molar-refractivity contribution >= 4 is 29.3 Å². The Hall–Kier alpha value is -2.56. The van der Waals surface area contributed by atoms with Crippen molar-refractivity contribution in [2.24, 2.45) is 7.05 Å². The third-order valence-electron chi connectivity index (χ3n) is 5.05. The van der Waals surface area contributed by atoms with E-state index in [2.05, 4.69) is 15.5 Å². The summed E-state index contributed by atoms with van der Waals surface area (Å²) in [5.41, 5.74) is 2.65. The molecule has 7 nitrogen and oxygen atoms in total. The molecular weight excluding hydrogens is 431 g/mol. The Bertz CT molecular complexity index is 945. The van der Waals surface area contributed by atoms with E-state index < -0.39 is 12.0 Å². The second-order valence-corrected chi connectivity index (χ2v) is 8.17. The molecule has 0 fully saturated rings. The van der Waals surface area contributed by atoms with Gasteiger partial charge >= 0.3 is 6.18 Å². The summed E-state index contributed by atoms with van der Waals surface area (Å²) in [6.45, 7) is 7.38. The van der Waals surface area contributed by atoms with Crippen LogP contribution < -0.4 is 5.32 Å². The van der Waals surface area contributed by atoms with Gasteiger partial charge in [0.05, 0.1) is 5.75 Å². The van der Waals surface area contributed by atoms with E-state index in [1.54, 1.807) is 6.07 Å². The van der Waals surface area contributed by atoms with E-state index in [1.807, 2.05) is 39.8 Å². The number of anilines is 1. The number of benzene rings is 1. The number of carbonyl (C=O) groups is 2. The molecule has 1 aromatic heterocycles. The zero-order chi connectivity index (χ0) is 23.3. The van der Waals surface area contributed by atoms with Gasteiger partial charge in [0.25, 0.3) is 0 Å². The molecule has 1 N–H and O–H groups in total. The monoisotopic (exact) mass is 457 g/mol. The molecule has 0 aliphatic rings. The van der Waals surface area contributed by atoms with Crippen LogP contribution in [0.2, 0.25) is 0 Å². The van der Waals surface area contributed by atoms with Gasteiger partial charge in [0.2, 0.25) is 17.6 Å². The van der Waals surface area contributed by atoms with Gasteiger partial charge in [-0.2, -0.15) is 13.2 Å². The van der Waals surface area contributed by atoms with Crippen LogP contribution in [0.1, 0.15) is 37.2 Å². The van der Waals surface area contributed by atoms with Gasteiger partial charge in [0, 0.05) is 18.8 Å². The quantitative estimate of drug-likeness (QED) is 0.610. The molecule has 1 aromatic carbocycles. The van der Waals surface area contributed by atoms with Gasteiger partial charge in [-0.05, 0) is 44.4 Å². The minimum atomic E-state index is -4.63. The van der Waals surface area contributed by atoms with Gasteiger partial charge in [0.15, 0.2) is 5.16 Å². The van der Waals surface area contributed by atoms with Crippen LogP contribution in [-0.4, -0.2) is 49.8 Å². The minimum Gasteiger partial charge on any atom is -0.330 e. The first kappa shape index (κ1) is 24.7. The number of aromatic nitrogens is 3. The van der Waals surface area contributed by atoms with Crippen molar-refractivity contribution in [3.8, 4) is 0 Å². The number of halogens is 3. The van der Waals surface area contributed by atoms with E-state index in [0.29, 0.717) is 12.1 Å². The van der Waals surface area contributed by atoms with Crippen molar-refractivity contribution in [3.05, 3.63) is 35.2 Å². The lowest BCUT2D eigenvalue weighted by Gasteiger charge is -2.28. The van der Waals surface area contributed by atoms with Crippen molar-refractivity contribution in [1.82, 2.24) is 19.7 Å². The molecule has 2 aromatic rings. The number of nitrogens with one attached hydrogen (secondary N) is 1. The maximum atomic E-state index is 12.9. The highest BCUT2D eigenvalue weighted by molar-refractivity contribution is 7.99. The Balaban J connectivity index is 2.06. The van der Waals surface area contributed by atoms with Crippen molar-refractivity contribution in [2.75, 3.05) is 17.6 Å². The van der Waals surface area contributed by atoms with Crippen LogP contribution in [0.3, 0.4) is 0 Å². The standard InChI is InChI=1S/C20H26F3N5O2S/c1-6-13(3)28(10-16(29)24-15-9-7-8-12(2)14(15)4)17(30)11-31-19-26-25-18(27(19)5)20(21,22)23/h7-9,13H,6,10-11H2,1-5H3,(H,24,29). The lowest BCUT2D eigenvalue weighted by Crippen LogP contribution is -2.44. The first-order chi connectivity index (χ1) is 14.5. The van der Waals surface area contributed by atoms with Gasteiger partial charge < -0.3 is 14.8 Å². The number of nitrogens with zero attached hydrogens (tertiary/aromatic N) is 4. The minimum absolute atomic E-state index is 0.0235. The van der Waals surface area contributed by atoms with Crippen LogP contribution in [0.4, 0.5) is 18.9 Å². The van der Waals surface area contributed by atoms with E-state index in [9.17, 15) is 22.8 Å². The van der Waals surface area contributed by atoms with E-state index in [0.717, 1.165) is 27.5 Å². The number of aryl methyl sites for hydroxylation is 1. The van der Waals surface area contributed by atoms with Crippen LogP contribution in [0.15, 0.2) is 23.4 Å². The molecule has 1 atom stereocenters. The predicted octanol–water partition coefficient (Wildman–Crippen LogP) is 3.81. The number of carbonyl (C=O) groups excluding carboxylic acids is 2. The Morgan fingerprint density at radius 1 is 1.26 bits per heavy atom. The zero-order valence-electron chi connectivity index (χ0n) is 18.1. The molecule has 2 rings (SSSR count). The van der Waals surface area contributed by atoms with E-state index in [1.165, 1.54) is 11.9 Å². The lowest BCUT2D eigenvalue weighted by molar-refractivity contribution is -0.147. The van der Waals surface area contributed by atoms with Crippen LogP contribution in [0.5, 0.6) is 0 Å².